The number of nitrogens with one attached hydrogen (secondary N) is 1. The van der Waals surface area contributed by atoms with E-state index in [1.54, 1.807) is 0 Å². The van der Waals surface area contributed by atoms with E-state index in [1.807, 2.05) is 6.07 Å². The van der Waals surface area contributed by atoms with Crippen LogP contribution in [0.4, 0.5) is 0 Å². The molecule has 0 saturated carbocycles. The van der Waals surface area contributed by atoms with Gasteiger partial charge in [0.1, 0.15) is 5.75 Å². The van der Waals surface area contributed by atoms with Gasteiger partial charge in [0.25, 0.3) is 0 Å². The summed E-state index contributed by atoms with van der Waals surface area (Å²) in [5, 5.41) is 3.47. The summed E-state index contributed by atoms with van der Waals surface area (Å²) in [7, 11) is 0. The first kappa shape index (κ1) is 16.0. The summed E-state index contributed by atoms with van der Waals surface area (Å²) in [5.74, 6) is 1.52. The first-order valence-electron chi connectivity index (χ1n) is 7.26. The zero-order chi connectivity index (χ0) is 14.5. The number of rotatable bonds is 7. The maximum atomic E-state index is 5.95. The van der Waals surface area contributed by atoms with Crippen LogP contribution in [-0.2, 0) is 0 Å². The van der Waals surface area contributed by atoms with Crippen molar-refractivity contribution in [1.82, 2.24) is 5.32 Å². The van der Waals surface area contributed by atoms with Crippen LogP contribution >= 0.6 is 0 Å². The highest BCUT2D eigenvalue weighted by molar-refractivity contribution is 5.30. The standard InChI is InChI=1S/C17H29NO/c1-13(2)15-8-7-9-16(10-15)19-12-17(5,6)11-18-14(3)4/h7-10,13-14,18H,11-12H2,1-6H3. The van der Waals surface area contributed by atoms with Crippen molar-refractivity contribution in [2.24, 2.45) is 5.41 Å². The van der Waals surface area contributed by atoms with Gasteiger partial charge in [-0.05, 0) is 23.6 Å². The van der Waals surface area contributed by atoms with Gasteiger partial charge in [0.2, 0.25) is 0 Å². The first-order chi connectivity index (χ1) is 8.80. The van der Waals surface area contributed by atoms with Crippen LogP contribution in [0.15, 0.2) is 24.3 Å². The molecule has 0 saturated heterocycles. The van der Waals surface area contributed by atoms with Crippen LogP contribution in [0, 0.1) is 5.41 Å². The summed E-state index contributed by atoms with van der Waals surface area (Å²) >= 11 is 0. The molecule has 0 amide bonds. The normalized spacial score (nSPS) is 12.2. The second kappa shape index (κ2) is 6.95. The van der Waals surface area contributed by atoms with Crippen LogP contribution in [0.25, 0.3) is 0 Å². The second-order valence-electron chi connectivity index (χ2n) is 6.72. The summed E-state index contributed by atoms with van der Waals surface area (Å²) in [6, 6.07) is 8.94. The molecule has 1 N–H and O–H groups in total. The largest absolute Gasteiger partial charge is 0.493 e. The molecule has 1 aromatic rings. The molecular formula is C17H29NO. The average molecular weight is 263 g/mol. The van der Waals surface area contributed by atoms with E-state index >= 15 is 0 Å². The molecule has 0 aliphatic heterocycles. The molecule has 0 bridgehead atoms. The van der Waals surface area contributed by atoms with Crippen LogP contribution in [0.3, 0.4) is 0 Å². The molecule has 0 aliphatic rings. The zero-order valence-corrected chi connectivity index (χ0v) is 13.3. The van der Waals surface area contributed by atoms with Gasteiger partial charge in [-0.2, -0.15) is 0 Å². The first-order valence-corrected chi connectivity index (χ1v) is 7.26. The molecule has 0 fully saturated rings. The van der Waals surface area contributed by atoms with Crippen molar-refractivity contribution in [2.45, 2.75) is 53.5 Å². The maximum absolute atomic E-state index is 5.95. The van der Waals surface area contributed by atoms with Crippen molar-refractivity contribution in [3.63, 3.8) is 0 Å². The Morgan fingerprint density at radius 2 is 1.84 bits per heavy atom. The molecule has 0 aliphatic carbocycles. The molecule has 0 radical (unpaired) electrons. The van der Waals surface area contributed by atoms with Crippen molar-refractivity contribution in [2.75, 3.05) is 13.2 Å². The smallest absolute Gasteiger partial charge is 0.119 e. The molecule has 0 spiro atoms. The van der Waals surface area contributed by atoms with Crippen LogP contribution < -0.4 is 10.1 Å². The van der Waals surface area contributed by atoms with E-state index in [1.165, 1.54) is 5.56 Å². The quantitative estimate of drug-likeness (QED) is 0.795. The molecule has 1 aromatic carbocycles. The number of hydrogen-bond acceptors (Lipinski definition) is 2. The Hall–Kier alpha value is -1.02. The topological polar surface area (TPSA) is 21.3 Å². The Kier molecular flexibility index (Phi) is 5.86. The van der Waals surface area contributed by atoms with E-state index in [-0.39, 0.29) is 5.41 Å². The molecular weight excluding hydrogens is 234 g/mol. The minimum Gasteiger partial charge on any atom is -0.493 e. The molecule has 0 atom stereocenters. The number of ether oxygens (including phenoxy) is 1. The molecule has 0 heterocycles. The van der Waals surface area contributed by atoms with Gasteiger partial charge < -0.3 is 10.1 Å². The summed E-state index contributed by atoms with van der Waals surface area (Å²) in [5.41, 5.74) is 1.47. The van der Waals surface area contributed by atoms with Crippen molar-refractivity contribution in [1.29, 1.82) is 0 Å². The lowest BCUT2D eigenvalue weighted by Gasteiger charge is -2.26. The zero-order valence-electron chi connectivity index (χ0n) is 13.3. The van der Waals surface area contributed by atoms with Gasteiger partial charge >= 0.3 is 0 Å². The predicted octanol–water partition coefficient (Wildman–Crippen LogP) is 4.21. The fraction of sp³-hybridized carbons (Fsp3) is 0.647. The van der Waals surface area contributed by atoms with E-state index in [0.29, 0.717) is 12.0 Å². The molecule has 2 nitrogen and oxygen atoms in total. The highest BCUT2D eigenvalue weighted by Crippen LogP contribution is 2.22. The van der Waals surface area contributed by atoms with Crippen molar-refractivity contribution >= 4 is 0 Å². The molecule has 0 aromatic heterocycles. The molecule has 1 rings (SSSR count). The maximum Gasteiger partial charge on any atom is 0.119 e. The summed E-state index contributed by atoms with van der Waals surface area (Å²) < 4.78 is 5.95. The van der Waals surface area contributed by atoms with Gasteiger partial charge in [-0.3, -0.25) is 0 Å². The third-order valence-electron chi connectivity index (χ3n) is 3.14. The Bertz CT molecular complexity index is 383. The van der Waals surface area contributed by atoms with Crippen LogP contribution in [-0.4, -0.2) is 19.2 Å². The number of hydrogen-bond donors (Lipinski definition) is 1. The van der Waals surface area contributed by atoms with Gasteiger partial charge in [0.15, 0.2) is 0 Å². The van der Waals surface area contributed by atoms with Gasteiger partial charge in [-0.1, -0.05) is 53.7 Å². The lowest BCUT2D eigenvalue weighted by Crippen LogP contribution is -2.37. The van der Waals surface area contributed by atoms with Crippen molar-refractivity contribution < 1.29 is 4.74 Å². The van der Waals surface area contributed by atoms with Crippen LogP contribution in [0.2, 0.25) is 0 Å². The minimum atomic E-state index is 0.137. The summed E-state index contributed by atoms with van der Waals surface area (Å²) in [6.07, 6.45) is 0. The Morgan fingerprint density at radius 1 is 1.16 bits per heavy atom. The van der Waals surface area contributed by atoms with Gasteiger partial charge in [0.05, 0.1) is 6.61 Å². The lowest BCUT2D eigenvalue weighted by molar-refractivity contribution is 0.173. The van der Waals surface area contributed by atoms with E-state index in [9.17, 15) is 0 Å². The van der Waals surface area contributed by atoms with E-state index < -0.39 is 0 Å². The summed E-state index contributed by atoms with van der Waals surface area (Å²) in [6.45, 7) is 14.9. The Balaban J connectivity index is 2.53. The third-order valence-corrected chi connectivity index (χ3v) is 3.14. The van der Waals surface area contributed by atoms with Gasteiger partial charge in [-0.25, -0.2) is 0 Å². The van der Waals surface area contributed by atoms with E-state index in [2.05, 4.69) is 65.1 Å². The average Bonchev–Trinajstić information content (AvgIpc) is 2.35. The lowest BCUT2D eigenvalue weighted by atomic mass is 9.94. The summed E-state index contributed by atoms with van der Waals surface area (Å²) in [4.78, 5) is 0. The number of benzene rings is 1. The third kappa shape index (κ3) is 6.11. The molecule has 2 heteroatoms. The van der Waals surface area contributed by atoms with E-state index in [4.69, 9.17) is 4.74 Å². The van der Waals surface area contributed by atoms with Crippen molar-refractivity contribution in [3.8, 4) is 5.75 Å². The van der Waals surface area contributed by atoms with Crippen LogP contribution in [0.1, 0.15) is 53.0 Å². The monoisotopic (exact) mass is 263 g/mol. The molecule has 19 heavy (non-hydrogen) atoms. The van der Waals surface area contributed by atoms with Crippen LogP contribution in [0.5, 0.6) is 5.75 Å². The van der Waals surface area contributed by atoms with Gasteiger partial charge in [-0.15, -0.1) is 0 Å². The Morgan fingerprint density at radius 3 is 2.42 bits per heavy atom. The van der Waals surface area contributed by atoms with Crippen molar-refractivity contribution in [3.05, 3.63) is 29.8 Å². The van der Waals surface area contributed by atoms with E-state index in [0.717, 1.165) is 18.9 Å². The predicted molar refractivity (Wildman–Crippen MR) is 82.9 cm³/mol. The minimum absolute atomic E-state index is 0.137. The fourth-order valence-corrected chi connectivity index (χ4v) is 1.77. The Labute approximate surface area is 118 Å². The molecule has 0 unspecified atom stereocenters. The highest BCUT2D eigenvalue weighted by Gasteiger charge is 2.19. The van der Waals surface area contributed by atoms with Gasteiger partial charge in [0, 0.05) is 18.0 Å². The highest BCUT2D eigenvalue weighted by atomic mass is 16.5. The molecule has 108 valence electrons. The second-order valence-corrected chi connectivity index (χ2v) is 6.72. The fourth-order valence-electron chi connectivity index (χ4n) is 1.77. The SMILES string of the molecule is CC(C)NCC(C)(C)COc1cccc(C(C)C)c1.